The van der Waals surface area contributed by atoms with E-state index in [1.165, 1.54) is 0 Å². The van der Waals surface area contributed by atoms with Gasteiger partial charge in [0.2, 0.25) is 0 Å². The normalized spacial score (nSPS) is 35.8. The van der Waals surface area contributed by atoms with Crippen LogP contribution in [0, 0.1) is 32.7 Å². The van der Waals surface area contributed by atoms with E-state index in [0.717, 1.165) is 27.0 Å². The summed E-state index contributed by atoms with van der Waals surface area (Å²) in [4.78, 5) is 25.5. The highest BCUT2D eigenvalue weighted by Crippen LogP contribution is 2.73. The maximum Gasteiger partial charge on any atom is 0.254 e. The zero-order valence-corrected chi connectivity index (χ0v) is 14.5. The quantitative estimate of drug-likeness (QED) is 0.321. The van der Waals surface area contributed by atoms with Gasteiger partial charge in [0.15, 0.2) is 0 Å². The number of benzene rings is 1. The van der Waals surface area contributed by atoms with Crippen LogP contribution in [0.15, 0.2) is 41.5 Å². The Kier molecular flexibility index (Phi) is 2.73. The predicted molar refractivity (Wildman–Crippen MR) is 93.4 cm³/mol. The minimum Gasteiger partial charge on any atom is -0.272 e. The maximum absolute atomic E-state index is 12.7. The first-order valence-corrected chi connectivity index (χ1v) is 9.05. The lowest BCUT2D eigenvalue weighted by Crippen LogP contribution is -2.30. The van der Waals surface area contributed by atoms with Gasteiger partial charge in [-0.2, -0.15) is 10.1 Å². The molecule has 23 heavy (non-hydrogen) atoms. The Balaban J connectivity index is 1.44. The summed E-state index contributed by atoms with van der Waals surface area (Å²) in [6.07, 6.45) is 8.29. The number of amides is 2. The van der Waals surface area contributed by atoms with Gasteiger partial charge in [-0.1, -0.05) is 24.3 Å². The molecule has 1 aromatic rings. The summed E-state index contributed by atoms with van der Waals surface area (Å²) >= 11 is 2.23. The van der Waals surface area contributed by atoms with Crippen molar-refractivity contribution < 1.29 is 9.59 Å². The van der Waals surface area contributed by atoms with Crippen LogP contribution in [-0.4, -0.2) is 23.0 Å². The molecule has 0 unspecified atom stereocenters. The Bertz CT molecular complexity index is 762. The third kappa shape index (κ3) is 1.74. The van der Waals surface area contributed by atoms with Gasteiger partial charge in [-0.25, -0.2) is 0 Å². The first-order chi connectivity index (χ1) is 11.1. The van der Waals surface area contributed by atoms with Gasteiger partial charge in [-0.3, -0.25) is 9.59 Å². The Morgan fingerprint density at radius 3 is 2.35 bits per heavy atom. The molecule has 5 heteroatoms. The van der Waals surface area contributed by atoms with Gasteiger partial charge < -0.3 is 0 Å². The summed E-state index contributed by atoms with van der Waals surface area (Å²) in [6, 6.07) is 7.82. The number of carbonyl (C=O) groups excluding carboxylic acids is 2. The van der Waals surface area contributed by atoms with Crippen molar-refractivity contribution in [1.29, 1.82) is 0 Å². The van der Waals surface area contributed by atoms with E-state index < -0.39 is 0 Å². The average molecular weight is 418 g/mol. The summed E-state index contributed by atoms with van der Waals surface area (Å²) in [5.41, 5.74) is 1.14. The number of halogens is 1. The molecule has 1 heterocycles. The van der Waals surface area contributed by atoms with Crippen molar-refractivity contribution in [2.45, 2.75) is 12.8 Å². The molecule has 4 atom stereocenters. The fourth-order valence-corrected chi connectivity index (χ4v) is 5.46. The minimum atomic E-state index is -0.173. The standard InChI is InChI=1S/C18H15IN2O2/c19-11-3-1-2-10(8-11)9-20-21-16(22)14-12-4-5-13(15(14)17(21)23)18(12)6-7-18/h1-5,8-9,12-15H,6-7H2/b20-9-/t12-,13-,14-,15-/m0/s1. The summed E-state index contributed by atoms with van der Waals surface area (Å²) in [5.74, 6) is -0.0465. The van der Waals surface area contributed by atoms with Crippen LogP contribution < -0.4 is 0 Å². The van der Waals surface area contributed by atoms with Crippen molar-refractivity contribution in [3.8, 4) is 0 Å². The highest BCUT2D eigenvalue weighted by molar-refractivity contribution is 14.1. The molecule has 5 rings (SSSR count). The molecule has 2 amide bonds. The van der Waals surface area contributed by atoms with E-state index in [2.05, 4.69) is 39.8 Å². The summed E-state index contributed by atoms with van der Waals surface area (Å²) in [6.45, 7) is 0. The first kappa shape index (κ1) is 13.9. The fourth-order valence-electron chi connectivity index (χ4n) is 4.89. The van der Waals surface area contributed by atoms with Gasteiger partial charge in [0.25, 0.3) is 11.8 Å². The third-order valence-electron chi connectivity index (χ3n) is 6.00. The topological polar surface area (TPSA) is 49.7 Å². The third-order valence-corrected chi connectivity index (χ3v) is 6.67. The number of hydrogen-bond acceptors (Lipinski definition) is 3. The van der Waals surface area contributed by atoms with Crippen LogP contribution in [0.3, 0.4) is 0 Å². The van der Waals surface area contributed by atoms with E-state index in [1.54, 1.807) is 6.21 Å². The molecule has 0 aromatic heterocycles. The van der Waals surface area contributed by atoms with Crippen molar-refractivity contribution in [2.75, 3.05) is 0 Å². The zero-order valence-electron chi connectivity index (χ0n) is 12.4. The molecule has 4 aliphatic rings. The number of rotatable bonds is 2. The molecule has 1 spiro atoms. The van der Waals surface area contributed by atoms with Crippen LogP contribution >= 0.6 is 22.6 Å². The van der Waals surface area contributed by atoms with Crippen LogP contribution in [0.25, 0.3) is 0 Å². The second-order valence-electron chi connectivity index (χ2n) is 7.01. The van der Waals surface area contributed by atoms with Gasteiger partial charge in [0.05, 0.1) is 18.1 Å². The van der Waals surface area contributed by atoms with E-state index in [1.807, 2.05) is 24.3 Å². The SMILES string of the molecule is O=C1[C@@H]2[C@@H](C(=O)N1/N=C\c1cccc(I)c1)[C@@H]1C=C[C@@H]2C12CC2. The van der Waals surface area contributed by atoms with E-state index in [9.17, 15) is 9.59 Å². The molecule has 2 saturated carbocycles. The smallest absolute Gasteiger partial charge is 0.254 e. The number of hydrazone groups is 1. The number of carbonyl (C=O) groups is 2. The van der Waals surface area contributed by atoms with Gasteiger partial charge in [-0.05, 0) is 70.4 Å². The van der Waals surface area contributed by atoms with E-state index >= 15 is 0 Å². The van der Waals surface area contributed by atoms with Gasteiger partial charge in [0.1, 0.15) is 0 Å². The Labute approximate surface area is 147 Å². The molecule has 1 saturated heterocycles. The highest BCUT2D eigenvalue weighted by atomic mass is 127. The predicted octanol–water partition coefficient (Wildman–Crippen LogP) is 2.82. The molecule has 1 aliphatic heterocycles. The number of hydrogen-bond donors (Lipinski definition) is 0. The maximum atomic E-state index is 12.7. The summed E-state index contributed by atoms with van der Waals surface area (Å²) < 4.78 is 1.10. The van der Waals surface area contributed by atoms with Crippen molar-refractivity contribution in [3.63, 3.8) is 0 Å². The molecule has 116 valence electrons. The second kappa shape index (κ2) is 4.53. The Hall–Kier alpha value is -1.50. The van der Waals surface area contributed by atoms with Crippen LogP contribution in [0.2, 0.25) is 0 Å². The lowest BCUT2D eigenvalue weighted by molar-refractivity contribution is -0.141. The number of imide groups is 1. The minimum absolute atomic E-state index is 0.106. The molecule has 0 N–H and O–H groups in total. The van der Waals surface area contributed by atoms with Crippen molar-refractivity contribution in [1.82, 2.24) is 5.01 Å². The monoisotopic (exact) mass is 418 g/mol. The molecule has 0 radical (unpaired) electrons. The first-order valence-electron chi connectivity index (χ1n) is 7.97. The van der Waals surface area contributed by atoms with Crippen molar-refractivity contribution in [2.24, 2.45) is 34.2 Å². The number of allylic oxidation sites excluding steroid dienone is 2. The number of nitrogens with zero attached hydrogens (tertiary/aromatic N) is 2. The van der Waals surface area contributed by atoms with Gasteiger partial charge in [-0.15, -0.1) is 0 Å². The van der Waals surface area contributed by atoms with Gasteiger partial charge in [0, 0.05) is 3.57 Å². The van der Waals surface area contributed by atoms with E-state index in [4.69, 9.17) is 0 Å². The van der Waals surface area contributed by atoms with Gasteiger partial charge >= 0.3 is 0 Å². The summed E-state index contributed by atoms with van der Waals surface area (Å²) in [5, 5.41) is 5.34. The molecule has 2 bridgehead atoms. The molecule has 1 aromatic carbocycles. The lowest BCUT2D eigenvalue weighted by Gasteiger charge is -2.18. The van der Waals surface area contributed by atoms with Crippen LogP contribution in [0.5, 0.6) is 0 Å². The second-order valence-corrected chi connectivity index (χ2v) is 8.25. The largest absolute Gasteiger partial charge is 0.272 e. The van der Waals surface area contributed by atoms with Crippen LogP contribution in [0.4, 0.5) is 0 Å². The van der Waals surface area contributed by atoms with Crippen LogP contribution in [0.1, 0.15) is 18.4 Å². The zero-order chi connectivity index (χ0) is 15.8. The van der Waals surface area contributed by atoms with Crippen molar-refractivity contribution >= 4 is 40.6 Å². The molecule has 4 nitrogen and oxygen atoms in total. The Morgan fingerprint density at radius 2 is 1.78 bits per heavy atom. The Morgan fingerprint density at radius 1 is 1.13 bits per heavy atom. The van der Waals surface area contributed by atoms with Crippen LogP contribution in [-0.2, 0) is 9.59 Å². The fraction of sp³-hybridized carbons (Fsp3) is 0.389. The molecule has 3 fully saturated rings. The lowest BCUT2D eigenvalue weighted by atomic mass is 9.85. The van der Waals surface area contributed by atoms with Crippen molar-refractivity contribution in [3.05, 3.63) is 45.6 Å². The highest BCUT2D eigenvalue weighted by Gasteiger charge is 2.73. The van der Waals surface area contributed by atoms with E-state index in [0.29, 0.717) is 0 Å². The molecular formula is C18H15IN2O2. The summed E-state index contributed by atoms with van der Waals surface area (Å²) in [7, 11) is 0. The molecular weight excluding hydrogens is 403 g/mol. The average Bonchev–Trinajstić information content (AvgIpc) is 3.13. The molecule has 3 aliphatic carbocycles. The van der Waals surface area contributed by atoms with E-state index in [-0.39, 0.29) is 40.9 Å². The number of fused-ring (bicyclic) bond motifs is 3.